The van der Waals surface area contributed by atoms with Crippen LogP contribution in [0.3, 0.4) is 0 Å². The minimum Gasteiger partial charge on any atom is -0.497 e. The van der Waals surface area contributed by atoms with E-state index in [1.807, 2.05) is 72.8 Å². The van der Waals surface area contributed by atoms with Crippen LogP contribution >= 0.6 is 11.8 Å². The van der Waals surface area contributed by atoms with Crippen LogP contribution in [0.4, 0.5) is 5.69 Å². The molecule has 0 atom stereocenters. The second-order valence-electron chi connectivity index (χ2n) is 8.58. The van der Waals surface area contributed by atoms with E-state index in [0.717, 1.165) is 28.0 Å². The molecule has 1 N–H and O–H groups in total. The molecule has 0 spiro atoms. The number of thioether (sulfide) groups is 1. The Hall–Kier alpha value is -4.62. The summed E-state index contributed by atoms with van der Waals surface area (Å²) >= 11 is 1.32. The maximum Gasteiger partial charge on any atom is 0.335 e. The van der Waals surface area contributed by atoms with Crippen molar-refractivity contribution in [1.82, 2.24) is 4.90 Å². The number of amides is 1. The summed E-state index contributed by atoms with van der Waals surface area (Å²) in [6, 6.07) is 32.0. The SMILES string of the molecule is COc1ccc(N=C2S/C(=C\c3ccc(-c4ccccc4)cc3)C(=O)N2Cc2ccc(C(=O)O)cc2)cc1. The third-order valence-electron chi connectivity index (χ3n) is 6.04. The van der Waals surface area contributed by atoms with E-state index >= 15 is 0 Å². The van der Waals surface area contributed by atoms with Crippen LogP contribution < -0.4 is 4.74 Å². The Kier molecular flexibility index (Phi) is 7.38. The molecule has 0 radical (unpaired) electrons. The number of carbonyl (C=O) groups excluding carboxylic acids is 1. The molecular formula is C31H24N2O4S. The van der Waals surface area contributed by atoms with Crippen LogP contribution in [0.2, 0.25) is 0 Å². The van der Waals surface area contributed by atoms with Crippen LogP contribution in [0.25, 0.3) is 17.2 Å². The average Bonchev–Trinajstić information content (AvgIpc) is 3.23. The zero-order valence-corrected chi connectivity index (χ0v) is 21.4. The molecule has 1 heterocycles. The van der Waals surface area contributed by atoms with Gasteiger partial charge in [-0.2, -0.15) is 0 Å². The molecule has 0 aromatic heterocycles. The highest BCUT2D eigenvalue weighted by molar-refractivity contribution is 8.18. The topological polar surface area (TPSA) is 79.2 Å². The minimum atomic E-state index is -0.991. The molecule has 6 nitrogen and oxygen atoms in total. The number of hydrogen-bond acceptors (Lipinski definition) is 5. The van der Waals surface area contributed by atoms with E-state index in [4.69, 9.17) is 9.73 Å². The predicted octanol–water partition coefficient (Wildman–Crippen LogP) is 6.86. The largest absolute Gasteiger partial charge is 0.497 e. The van der Waals surface area contributed by atoms with E-state index in [1.54, 1.807) is 24.1 Å². The van der Waals surface area contributed by atoms with Crippen molar-refractivity contribution in [3.05, 3.63) is 125 Å². The molecule has 1 amide bonds. The van der Waals surface area contributed by atoms with Gasteiger partial charge in [0.05, 0.1) is 29.8 Å². The first-order valence-electron chi connectivity index (χ1n) is 11.9. The van der Waals surface area contributed by atoms with Gasteiger partial charge in [-0.1, -0.05) is 66.7 Å². The van der Waals surface area contributed by atoms with Gasteiger partial charge in [0, 0.05) is 0 Å². The fourth-order valence-corrected chi connectivity index (χ4v) is 4.98. The summed E-state index contributed by atoms with van der Waals surface area (Å²) < 4.78 is 5.23. The highest BCUT2D eigenvalue weighted by atomic mass is 32.2. The lowest BCUT2D eigenvalue weighted by Gasteiger charge is -2.16. The molecule has 0 aliphatic carbocycles. The number of carboxylic acids is 1. The molecule has 0 bridgehead atoms. The van der Waals surface area contributed by atoms with Crippen LogP contribution in [-0.2, 0) is 11.3 Å². The standard InChI is InChI=1S/C31H24N2O4S/c1-37-27-17-15-26(16-18-27)32-31-33(20-22-9-13-25(14-10-22)30(35)36)29(34)28(38-31)19-21-7-11-24(12-8-21)23-5-3-2-4-6-23/h2-19H,20H2,1H3,(H,35,36)/b28-19-,32-31?. The third-order valence-corrected chi connectivity index (χ3v) is 7.05. The Morgan fingerprint density at radius 1 is 0.895 bits per heavy atom. The van der Waals surface area contributed by atoms with Crippen molar-refractivity contribution in [1.29, 1.82) is 0 Å². The van der Waals surface area contributed by atoms with Crippen molar-refractivity contribution in [3.8, 4) is 16.9 Å². The van der Waals surface area contributed by atoms with Crippen molar-refractivity contribution in [2.24, 2.45) is 4.99 Å². The molecular weight excluding hydrogens is 496 g/mol. The molecule has 1 aliphatic rings. The number of aliphatic imine (C=N–C) groups is 1. The Bertz CT molecular complexity index is 1510. The molecule has 1 fully saturated rings. The highest BCUT2D eigenvalue weighted by Crippen LogP contribution is 2.36. The number of rotatable bonds is 7. The van der Waals surface area contributed by atoms with Crippen LogP contribution in [0.1, 0.15) is 21.5 Å². The summed E-state index contributed by atoms with van der Waals surface area (Å²) in [5.74, 6) is -0.426. The number of nitrogens with zero attached hydrogens (tertiary/aromatic N) is 2. The van der Waals surface area contributed by atoms with E-state index in [-0.39, 0.29) is 18.0 Å². The molecule has 1 aliphatic heterocycles. The summed E-state index contributed by atoms with van der Waals surface area (Å²) in [6.45, 7) is 0.269. The fraction of sp³-hybridized carbons (Fsp3) is 0.0645. The number of amidine groups is 1. The highest BCUT2D eigenvalue weighted by Gasteiger charge is 2.33. The van der Waals surface area contributed by atoms with Gasteiger partial charge in [0.15, 0.2) is 5.17 Å². The van der Waals surface area contributed by atoms with Gasteiger partial charge < -0.3 is 9.84 Å². The Labute approximate surface area is 224 Å². The summed E-state index contributed by atoms with van der Waals surface area (Å²) in [7, 11) is 1.60. The number of hydrogen-bond donors (Lipinski definition) is 1. The van der Waals surface area contributed by atoms with Gasteiger partial charge in [0.25, 0.3) is 5.91 Å². The molecule has 4 aromatic carbocycles. The number of carbonyl (C=O) groups is 2. The number of methoxy groups -OCH3 is 1. The van der Waals surface area contributed by atoms with E-state index in [2.05, 4.69) is 12.1 Å². The number of ether oxygens (including phenoxy) is 1. The number of benzene rings is 4. The first-order valence-corrected chi connectivity index (χ1v) is 12.7. The number of aromatic carboxylic acids is 1. The first kappa shape index (κ1) is 25.0. The van der Waals surface area contributed by atoms with Crippen LogP contribution in [-0.4, -0.2) is 34.2 Å². The van der Waals surface area contributed by atoms with E-state index in [9.17, 15) is 14.7 Å². The maximum atomic E-state index is 13.5. The average molecular weight is 521 g/mol. The molecule has 1 saturated heterocycles. The molecule has 0 unspecified atom stereocenters. The normalized spacial score (nSPS) is 15.3. The van der Waals surface area contributed by atoms with Crippen LogP contribution in [0.15, 0.2) is 113 Å². The molecule has 5 rings (SSSR count). The van der Waals surface area contributed by atoms with Gasteiger partial charge in [-0.05, 0) is 76.5 Å². The summed E-state index contributed by atoms with van der Waals surface area (Å²) in [5.41, 5.74) is 4.85. The van der Waals surface area contributed by atoms with Gasteiger partial charge in [0.1, 0.15) is 5.75 Å². The second-order valence-corrected chi connectivity index (χ2v) is 9.59. The maximum absolute atomic E-state index is 13.5. The quantitative estimate of drug-likeness (QED) is 0.269. The lowest BCUT2D eigenvalue weighted by atomic mass is 10.0. The lowest BCUT2D eigenvalue weighted by Crippen LogP contribution is -2.28. The molecule has 188 valence electrons. The second kappa shape index (κ2) is 11.2. The molecule has 4 aromatic rings. The van der Waals surface area contributed by atoms with E-state index in [1.165, 1.54) is 23.9 Å². The summed E-state index contributed by atoms with van der Waals surface area (Å²) in [4.78, 5) is 31.7. The Morgan fingerprint density at radius 3 is 2.18 bits per heavy atom. The van der Waals surface area contributed by atoms with E-state index in [0.29, 0.717) is 15.8 Å². The smallest absolute Gasteiger partial charge is 0.335 e. The van der Waals surface area contributed by atoms with Crippen molar-refractivity contribution in [3.63, 3.8) is 0 Å². The van der Waals surface area contributed by atoms with Gasteiger partial charge in [-0.3, -0.25) is 9.69 Å². The Balaban J connectivity index is 1.44. The van der Waals surface area contributed by atoms with Crippen molar-refractivity contribution in [2.75, 3.05) is 7.11 Å². The predicted molar refractivity (Wildman–Crippen MR) is 151 cm³/mol. The Morgan fingerprint density at radius 2 is 1.55 bits per heavy atom. The molecule has 0 saturated carbocycles. The fourth-order valence-electron chi connectivity index (χ4n) is 3.99. The van der Waals surface area contributed by atoms with Gasteiger partial charge in [0.2, 0.25) is 0 Å². The summed E-state index contributed by atoms with van der Waals surface area (Å²) in [5, 5.41) is 9.75. The van der Waals surface area contributed by atoms with Crippen LogP contribution in [0.5, 0.6) is 5.75 Å². The first-order chi connectivity index (χ1) is 18.5. The van der Waals surface area contributed by atoms with E-state index < -0.39 is 5.97 Å². The van der Waals surface area contributed by atoms with Crippen molar-refractivity contribution in [2.45, 2.75) is 6.54 Å². The van der Waals surface area contributed by atoms with Gasteiger partial charge >= 0.3 is 5.97 Å². The number of carboxylic acid groups (broad SMARTS) is 1. The monoisotopic (exact) mass is 520 g/mol. The zero-order chi connectivity index (χ0) is 26.5. The third kappa shape index (κ3) is 5.68. The molecule has 38 heavy (non-hydrogen) atoms. The lowest BCUT2D eigenvalue weighted by molar-refractivity contribution is -0.122. The molecule has 7 heteroatoms. The minimum absolute atomic E-state index is 0.156. The summed E-state index contributed by atoms with van der Waals surface area (Å²) in [6.07, 6.45) is 1.87. The van der Waals surface area contributed by atoms with Gasteiger partial charge in [-0.25, -0.2) is 9.79 Å². The zero-order valence-electron chi connectivity index (χ0n) is 20.6. The van der Waals surface area contributed by atoms with Crippen LogP contribution in [0, 0.1) is 0 Å². The van der Waals surface area contributed by atoms with Crippen molar-refractivity contribution < 1.29 is 19.4 Å². The van der Waals surface area contributed by atoms with Crippen molar-refractivity contribution >= 4 is 40.6 Å². The van der Waals surface area contributed by atoms with Gasteiger partial charge in [-0.15, -0.1) is 0 Å².